The third-order valence-electron chi connectivity index (χ3n) is 4.02. The Morgan fingerprint density at radius 1 is 1.17 bits per heavy atom. The highest BCUT2D eigenvalue weighted by Gasteiger charge is 2.19. The molecule has 0 heterocycles. The monoisotopic (exact) mass is 402 g/mol. The summed E-state index contributed by atoms with van der Waals surface area (Å²) in [5.74, 6) is -1.00. The normalized spacial score (nSPS) is 10.3. The number of carbonyl (C=O) groups is 2. The van der Waals surface area contributed by atoms with Crippen molar-refractivity contribution in [3.05, 3.63) is 57.6 Å². The van der Waals surface area contributed by atoms with Gasteiger partial charge in [-0.05, 0) is 42.7 Å². The molecular formula is C20H22N2O7. The van der Waals surface area contributed by atoms with Crippen LogP contribution < -0.4 is 14.8 Å². The lowest BCUT2D eigenvalue weighted by Gasteiger charge is -2.14. The highest BCUT2D eigenvalue weighted by molar-refractivity contribution is 6.05. The number of benzene rings is 2. The summed E-state index contributed by atoms with van der Waals surface area (Å²) in [6, 6.07) is 8.95. The third-order valence-corrected chi connectivity index (χ3v) is 4.02. The molecule has 0 saturated carbocycles. The molecule has 1 amide bonds. The molecule has 0 bridgehead atoms. The van der Waals surface area contributed by atoms with Crippen LogP contribution in [0.4, 0.5) is 11.4 Å². The first kappa shape index (κ1) is 21.7. The largest absolute Gasteiger partial charge is 0.491 e. The summed E-state index contributed by atoms with van der Waals surface area (Å²) in [7, 11) is 1.31. The van der Waals surface area contributed by atoms with Gasteiger partial charge in [-0.15, -0.1) is 0 Å². The van der Waals surface area contributed by atoms with Crippen molar-refractivity contribution in [1.29, 1.82) is 0 Å². The molecule has 154 valence electrons. The van der Waals surface area contributed by atoms with Gasteiger partial charge in [0.05, 0.1) is 24.3 Å². The standard InChI is InChI=1S/C20H22N2O7/c1-3-10-29-17-7-4-13(5-9-19(23)24)11-15(17)21-20(25)14-6-8-18(28-2)16(12-14)22(26)27/h4,6-8,11-12H,3,5,9-10H2,1-2H3,(H,21,25)(H,23,24). The predicted octanol–water partition coefficient (Wildman–Crippen LogP) is 3.66. The average Bonchev–Trinajstić information content (AvgIpc) is 2.70. The van der Waals surface area contributed by atoms with E-state index in [1.807, 2.05) is 6.92 Å². The van der Waals surface area contributed by atoms with Crippen LogP contribution >= 0.6 is 0 Å². The quantitative estimate of drug-likeness (QED) is 0.458. The van der Waals surface area contributed by atoms with Gasteiger partial charge in [-0.3, -0.25) is 19.7 Å². The van der Waals surface area contributed by atoms with Gasteiger partial charge in [-0.25, -0.2) is 0 Å². The number of carboxylic acid groups (broad SMARTS) is 1. The fourth-order valence-corrected chi connectivity index (χ4v) is 2.59. The fraction of sp³-hybridized carbons (Fsp3) is 0.300. The highest BCUT2D eigenvalue weighted by Crippen LogP contribution is 2.30. The molecule has 2 N–H and O–H groups in total. The Morgan fingerprint density at radius 2 is 1.90 bits per heavy atom. The number of carboxylic acids is 1. The van der Waals surface area contributed by atoms with Crippen molar-refractivity contribution in [2.24, 2.45) is 0 Å². The number of hydrogen-bond acceptors (Lipinski definition) is 6. The average molecular weight is 402 g/mol. The van der Waals surface area contributed by atoms with Crippen LogP contribution in [0.2, 0.25) is 0 Å². The van der Waals surface area contributed by atoms with E-state index >= 15 is 0 Å². The number of anilines is 1. The number of aliphatic carboxylic acids is 1. The second kappa shape index (κ2) is 10.1. The zero-order valence-electron chi connectivity index (χ0n) is 16.1. The maximum absolute atomic E-state index is 12.7. The molecule has 0 spiro atoms. The molecule has 2 aromatic carbocycles. The maximum Gasteiger partial charge on any atom is 0.311 e. The van der Waals surface area contributed by atoms with E-state index in [9.17, 15) is 19.7 Å². The van der Waals surface area contributed by atoms with Crippen LogP contribution in [0.3, 0.4) is 0 Å². The molecule has 0 aliphatic heterocycles. The van der Waals surface area contributed by atoms with Crippen LogP contribution in [0.25, 0.3) is 0 Å². The van der Waals surface area contributed by atoms with E-state index in [4.69, 9.17) is 14.6 Å². The van der Waals surface area contributed by atoms with Gasteiger partial charge >= 0.3 is 11.7 Å². The van der Waals surface area contributed by atoms with Crippen molar-refractivity contribution < 1.29 is 29.1 Å². The number of ether oxygens (including phenoxy) is 2. The summed E-state index contributed by atoms with van der Waals surface area (Å²) in [6.07, 6.45) is 1.01. The van der Waals surface area contributed by atoms with E-state index in [0.717, 1.165) is 12.5 Å². The van der Waals surface area contributed by atoms with Gasteiger partial charge < -0.3 is 19.9 Å². The number of nitrogens with one attached hydrogen (secondary N) is 1. The summed E-state index contributed by atoms with van der Waals surface area (Å²) in [4.78, 5) is 34.0. The second-order valence-corrected chi connectivity index (χ2v) is 6.17. The maximum atomic E-state index is 12.7. The Hall–Kier alpha value is -3.62. The lowest BCUT2D eigenvalue weighted by Crippen LogP contribution is -2.14. The molecule has 9 heteroatoms. The Labute approximate surface area is 167 Å². The topological polar surface area (TPSA) is 128 Å². The van der Waals surface area contributed by atoms with E-state index < -0.39 is 16.8 Å². The first-order valence-electron chi connectivity index (χ1n) is 8.97. The predicted molar refractivity (Wildman–Crippen MR) is 106 cm³/mol. The number of hydrogen-bond donors (Lipinski definition) is 2. The number of nitro benzene ring substituents is 1. The Kier molecular flexibility index (Phi) is 7.53. The van der Waals surface area contributed by atoms with E-state index in [-0.39, 0.29) is 23.4 Å². The number of rotatable bonds is 10. The van der Waals surface area contributed by atoms with Crippen molar-refractivity contribution in [2.75, 3.05) is 19.0 Å². The van der Waals surface area contributed by atoms with E-state index in [1.54, 1.807) is 18.2 Å². The molecule has 0 unspecified atom stereocenters. The molecule has 29 heavy (non-hydrogen) atoms. The third kappa shape index (κ3) is 5.93. The highest BCUT2D eigenvalue weighted by atomic mass is 16.6. The lowest BCUT2D eigenvalue weighted by molar-refractivity contribution is -0.385. The summed E-state index contributed by atoms with van der Waals surface area (Å²) in [5, 5.41) is 22.7. The van der Waals surface area contributed by atoms with Crippen molar-refractivity contribution in [1.82, 2.24) is 0 Å². The number of carbonyl (C=O) groups excluding carboxylic acids is 1. The van der Waals surface area contributed by atoms with Crippen LogP contribution in [-0.4, -0.2) is 35.6 Å². The molecular weight excluding hydrogens is 380 g/mol. The van der Waals surface area contributed by atoms with Crippen molar-refractivity contribution in [3.8, 4) is 11.5 Å². The molecule has 0 fully saturated rings. The summed E-state index contributed by atoms with van der Waals surface area (Å²) >= 11 is 0. The minimum atomic E-state index is -0.924. The van der Waals surface area contributed by atoms with E-state index in [2.05, 4.69) is 5.32 Å². The van der Waals surface area contributed by atoms with Crippen LogP contribution in [0.5, 0.6) is 11.5 Å². The van der Waals surface area contributed by atoms with Crippen LogP contribution in [0.1, 0.15) is 35.7 Å². The van der Waals surface area contributed by atoms with E-state index in [1.165, 1.54) is 19.2 Å². The molecule has 2 aromatic rings. The zero-order chi connectivity index (χ0) is 21.4. The lowest BCUT2D eigenvalue weighted by atomic mass is 10.1. The van der Waals surface area contributed by atoms with Gasteiger partial charge in [0.25, 0.3) is 5.91 Å². The molecule has 0 radical (unpaired) electrons. The number of aryl methyl sites for hydroxylation is 1. The van der Waals surface area contributed by atoms with Crippen LogP contribution in [0.15, 0.2) is 36.4 Å². The van der Waals surface area contributed by atoms with Crippen molar-refractivity contribution >= 4 is 23.3 Å². The van der Waals surface area contributed by atoms with Gasteiger partial charge in [-0.1, -0.05) is 13.0 Å². The van der Waals surface area contributed by atoms with Crippen molar-refractivity contribution in [3.63, 3.8) is 0 Å². The van der Waals surface area contributed by atoms with Crippen LogP contribution in [-0.2, 0) is 11.2 Å². The smallest absolute Gasteiger partial charge is 0.311 e. The van der Waals surface area contributed by atoms with Gasteiger partial charge in [0.15, 0.2) is 5.75 Å². The molecule has 9 nitrogen and oxygen atoms in total. The summed E-state index contributed by atoms with van der Waals surface area (Å²) in [5.41, 5.74) is 0.838. The van der Waals surface area contributed by atoms with Gasteiger partial charge in [0.2, 0.25) is 0 Å². The molecule has 0 aliphatic carbocycles. The Balaban J connectivity index is 2.31. The minimum Gasteiger partial charge on any atom is -0.491 e. The number of nitro groups is 1. The first-order valence-corrected chi connectivity index (χ1v) is 8.97. The number of methoxy groups -OCH3 is 1. The molecule has 0 aliphatic rings. The second-order valence-electron chi connectivity index (χ2n) is 6.17. The fourth-order valence-electron chi connectivity index (χ4n) is 2.59. The van der Waals surface area contributed by atoms with E-state index in [0.29, 0.717) is 30.0 Å². The first-order chi connectivity index (χ1) is 13.8. The van der Waals surface area contributed by atoms with Gasteiger partial charge in [-0.2, -0.15) is 0 Å². The Morgan fingerprint density at radius 3 is 2.52 bits per heavy atom. The zero-order valence-corrected chi connectivity index (χ0v) is 16.1. The summed E-state index contributed by atoms with van der Waals surface area (Å²) in [6.45, 7) is 2.38. The molecule has 0 aromatic heterocycles. The number of nitrogens with zero attached hydrogens (tertiary/aromatic N) is 1. The minimum absolute atomic E-state index is 0.0484. The van der Waals surface area contributed by atoms with Crippen LogP contribution in [0, 0.1) is 10.1 Å². The molecule has 0 atom stereocenters. The Bertz CT molecular complexity index is 912. The SMILES string of the molecule is CCCOc1ccc(CCC(=O)O)cc1NC(=O)c1ccc(OC)c([N+](=O)[O-])c1. The number of amides is 1. The molecule has 2 rings (SSSR count). The summed E-state index contributed by atoms with van der Waals surface area (Å²) < 4.78 is 10.6. The van der Waals surface area contributed by atoms with Gasteiger partial charge in [0, 0.05) is 18.1 Å². The molecule has 0 saturated heterocycles. The van der Waals surface area contributed by atoms with Crippen molar-refractivity contribution in [2.45, 2.75) is 26.2 Å². The van der Waals surface area contributed by atoms with Gasteiger partial charge in [0.1, 0.15) is 5.75 Å².